The lowest BCUT2D eigenvalue weighted by Gasteiger charge is -2.32. The van der Waals surface area contributed by atoms with E-state index in [4.69, 9.17) is 9.47 Å². The second kappa shape index (κ2) is 5.83. The number of ether oxygens (including phenoxy) is 2. The largest absolute Gasteiger partial charge is 0.349 e. The van der Waals surface area contributed by atoms with Gasteiger partial charge in [-0.05, 0) is 46.0 Å². The molecule has 0 bridgehead atoms. The van der Waals surface area contributed by atoms with Crippen molar-refractivity contribution in [1.29, 1.82) is 0 Å². The van der Waals surface area contributed by atoms with Gasteiger partial charge >= 0.3 is 0 Å². The Bertz CT molecular complexity index is 229. The average Bonchev–Trinajstić information content (AvgIpc) is 2.27. The summed E-state index contributed by atoms with van der Waals surface area (Å²) in [5.74, 6) is 0. The summed E-state index contributed by atoms with van der Waals surface area (Å²) in [6.07, 6.45) is 11.7. The van der Waals surface area contributed by atoms with E-state index in [-0.39, 0.29) is 6.29 Å². The molecule has 0 aromatic carbocycles. The van der Waals surface area contributed by atoms with Crippen molar-refractivity contribution in [3.05, 3.63) is 11.6 Å². The first-order chi connectivity index (χ1) is 7.74. The van der Waals surface area contributed by atoms with Crippen LogP contribution in [0.4, 0.5) is 0 Å². The quantitative estimate of drug-likeness (QED) is 0.664. The highest BCUT2D eigenvalue weighted by atomic mass is 16.7. The van der Waals surface area contributed by atoms with Crippen molar-refractivity contribution in [2.75, 3.05) is 0 Å². The zero-order chi connectivity index (χ0) is 11.4. The summed E-state index contributed by atoms with van der Waals surface area (Å²) in [6, 6.07) is 0. The smallest absolute Gasteiger partial charge is 0.161 e. The van der Waals surface area contributed by atoms with Gasteiger partial charge in [-0.25, -0.2) is 0 Å². The summed E-state index contributed by atoms with van der Waals surface area (Å²) in [6.45, 7) is 4.28. The first-order valence-corrected chi connectivity index (χ1v) is 6.73. The molecular weight excluding hydrogens is 200 g/mol. The molecule has 0 N–H and O–H groups in total. The van der Waals surface area contributed by atoms with E-state index in [1.54, 1.807) is 5.57 Å². The van der Waals surface area contributed by atoms with Gasteiger partial charge in [0.1, 0.15) is 0 Å². The predicted molar refractivity (Wildman–Crippen MR) is 65.3 cm³/mol. The number of allylic oxidation sites excluding steroid dienone is 1. The second-order valence-corrected chi connectivity index (χ2v) is 5.22. The van der Waals surface area contributed by atoms with E-state index in [9.17, 15) is 0 Å². The normalized spacial score (nSPS) is 36.1. The third-order valence-corrected chi connectivity index (χ3v) is 3.53. The van der Waals surface area contributed by atoms with Gasteiger partial charge in [-0.1, -0.05) is 18.1 Å². The molecule has 2 fully saturated rings. The molecule has 1 aliphatic carbocycles. The monoisotopic (exact) mass is 224 g/mol. The predicted octanol–water partition coefficient (Wildman–Crippen LogP) is 3.81. The molecule has 1 saturated heterocycles. The van der Waals surface area contributed by atoms with Gasteiger partial charge in [0.05, 0.1) is 12.2 Å². The van der Waals surface area contributed by atoms with Crippen LogP contribution >= 0.6 is 0 Å². The maximum absolute atomic E-state index is 5.78. The van der Waals surface area contributed by atoms with E-state index >= 15 is 0 Å². The lowest BCUT2D eigenvalue weighted by atomic mass is 9.94. The summed E-state index contributed by atoms with van der Waals surface area (Å²) in [7, 11) is 0. The fourth-order valence-electron chi connectivity index (χ4n) is 2.71. The van der Waals surface area contributed by atoms with Crippen molar-refractivity contribution in [2.24, 2.45) is 0 Å². The lowest BCUT2D eigenvalue weighted by Crippen LogP contribution is -2.35. The van der Waals surface area contributed by atoms with Crippen LogP contribution < -0.4 is 0 Å². The molecule has 1 saturated carbocycles. The lowest BCUT2D eigenvalue weighted by molar-refractivity contribution is -0.231. The summed E-state index contributed by atoms with van der Waals surface area (Å²) >= 11 is 0. The van der Waals surface area contributed by atoms with Crippen LogP contribution in [0, 0.1) is 0 Å². The standard InChI is InChI=1S/C14H24O2/c1-11-10-12(2)16-14(15-11)9-8-13-6-4-3-5-7-13/h8,11-12,14H,3-7,9-10H2,1-2H3/t11-,12-/m0/s1. The minimum absolute atomic E-state index is 0.00632. The Morgan fingerprint density at radius 1 is 1.06 bits per heavy atom. The number of hydrogen-bond acceptors (Lipinski definition) is 2. The Morgan fingerprint density at radius 2 is 1.69 bits per heavy atom. The first kappa shape index (κ1) is 12.1. The van der Waals surface area contributed by atoms with E-state index in [2.05, 4.69) is 19.9 Å². The molecule has 92 valence electrons. The minimum Gasteiger partial charge on any atom is -0.349 e. The molecule has 16 heavy (non-hydrogen) atoms. The van der Waals surface area contributed by atoms with Gasteiger partial charge in [0, 0.05) is 6.42 Å². The zero-order valence-corrected chi connectivity index (χ0v) is 10.6. The van der Waals surface area contributed by atoms with Crippen LogP contribution in [0.15, 0.2) is 11.6 Å². The third kappa shape index (κ3) is 3.60. The molecule has 0 amide bonds. The van der Waals surface area contributed by atoms with Crippen LogP contribution in [-0.2, 0) is 9.47 Å². The van der Waals surface area contributed by atoms with Crippen LogP contribution in [0.1, 0.15) is 58.8 Å². The number of rotatable bonds is 2. The topological polar surface area (TPSA) is 18.5 Å². The Hall–Kier alpha value is -0.340. The van der Waals surface area contributed by atoms with Gasteiger partial charge in [-0.2, -0.15) is 0 Å². The van der Waals surface area contributed by atoms with Crippen LogP contribution in [0.25, 0.3) is 0 Å². The SMILES string of the molecule is C[C@H]1C[C@H](C)OC(CC=C2CCCCC2)O1. The molecule has 0 aromatic rings. The van der Waals surface area contributed by atoms with Crippen molar-refractivity contribution in [2.45, 2.75) is 77.3 Å². The molecule has 0 radical (unpaired) electrons. The van der Waals surface area contributed by atoms with E-state index in [0.29, 0.717) is 12.2 Å². The van der Waals surface area contributed by atoms with Gasteiger partial charge in [0.2, 0.25) is 0 Å². The molecular formula is C14H24O2. The highest BCUT2D eigenvalue weighted by Crippen LogP contribution is 2.25. The third-order valence-electron chi connectivity index (χ3n) is 3.53. The van der Waals surface area contributed by atoms with Crippen LogP contribution in [0.3, 0.4) is 0 Å². The molecule has 2 aliphatic rings. The average molecular weight is 224 g/mol. The van der Waals surface area contributed by atoms with E-state index in [0.717, 1.165) is 12.8 Å². The minimum atomic E-state index is -0.00632. The fourth-order valence-corrected chi connectivity index (χ4v) is 2.71. The van der Waals surface area contributed by atoms with Crippen molar-refractivity contribution < 1.29 is 9.47 Å². The van der Waals surface area contributed by atoms with Crippen LogP contribution in [0.2, 0.25) is 0 Å². The van der Waals surface area contributed by atoms with Crippen LogP contribution in [-0.4, -0.2) is 18.5 Å². The molecule has 0 spiro atoms. The van der Waals surface area contributed by atoms with Gasteiger partial charge in [-0.3, -0.25) is 0 Å². The van der Waals surface area contributed by atoms with E-state index in [1.807, 2.05) is 0 Å². The second-order valence-electron chi connectivity index (χ2n) is 5.22. The molecule has 0 aromatic heterocycles. The van der Waals surface area contributed by atoms with Gasteiger partial charge in [0.15, 0.2) is 6.29 Å². The Balaban J connectivity index is 1.79. The molecule has 2 heteroatoms. The maximum atomic E-state index is 5.78. The fraction of sp³-hybridized carbons (Fsp3) is 0.857. The van der Waals surface area contributed by atoms with E-state index in [1.165, 1.54) is 32.1 Å². The molecule has 2 rings (SSSR count). The zero-order valence-electron chi connectivity index (χ0n) is 10.6. The maximum Gasteiger partial charge on any atom is 0.161 e. The summed E-state index contributed by atoms with van der Waals surface area (Å²) in [5.41, 5.74) is 1.62. The molecule has 2 nitrogen and oxygen atoms in total. The first-order valence-electron chi connectivity index (χ1n) is 6.73. The molecule has 1 aliphatic heterocycles. The Kier molecular flexibility index (Phi) is 4.42. The summed E-state index contributed by atoms with van der Waals surface area (Å²) in [5, 5.41) is 0. The van der Waals surface area contributed by atoms with Crippen molar-refractivity contribution in [3.8, 4) is 0 Å². The summed E-state index contributed by atoms with van der Waals surface area (Å²) < 4.78 is 11.6. The van der Waals surface area contributed by atoms with Crippen molar-refractivity contribution in [1.82, 2.24) is 0 Å². The van der Waals surface area contributed by atoms with Crippen molar-refractivity contribution >= 4 is 0 Å². The van der Waals surface area contributed by atoms with Gasteiger partial charge < -0.3 is 9.47 Å². The number of hydrogen-bond donors (Lipinski definition) is 0. The molecule has 1 heterocycles. The van der Waals surface area contributed by atoms with Gasteiger partial charge in [0.25, 0.3) is 0 Å². The molecule has 0 unspecified atom stereocenters. The van der Waals surface area contributed by atoms with Crippen molar-refractivity contribution in [3.63, 3.8) is 0 Å². The van der Waals surface area contributed by atoms with Crippen LogP contribution in [0.5, 0.6) is 0 Å². The van der Waals surface area contributed by atoms with Gasteiger partial charge in [-0.15, -0.1) is 0 Å². The Labute approximate surface area is 99.0 Å². The molecule has 2 atom stereocenters. The van der Waals surface area contributed by atoms with E-state index < -0.39 is 0 Å². The highest BCUT2D eigenvalue weighted by molar-refractivity contribution is 5.04. The highest BCUT2D eigenvalue weighted by Gasteiger charge is 2.24. The Morgan fingerprint density at radius 3 is 2.31 bits per heavy atom. The summed E-state index contributed by atoms with van der Waals surface area (Å²) in [4.78, 5) is 0.